The van der Waals surface area contributed by atoms with E-state index in [-0.39, 0.29) is 5.56 Å². The SMILES string of the molecule is COc1ccc(C(=O)Oc2ccc(/C=N/NC(=O)C(=O)Nc3ccc(C(N)=O)cc3)cc2)cc1. The van der Waals surface area contributed by atoms with Gasteiger partial charge < -0.3 is 20.5 Å². The van der Waals surface area contributed by atoms with Gasteiger partial charge >= 0.3 is 17.8 Å². The van der Waals surface area contributed by atoms with Crippen molar-refractivity contribution in [1.29, 1.82) is 0 Å². The Hall–Kier alpha value is -4.99. The summed E-state index contributed by atoms with van der Waals surface area (Å²) in [4.78, 5) is 47.1. The minimum Gasteiger partial charge on any atom is -0.497 e. The van der Waals surface area contributed by atoms with Gasteiger partial charge in [0, 0.05) is 11.3 Å². The van der Waals surface area contributed by atoms with Crippen molar-refractivity contribution in [3.8, 4) is 11.5 Å². The fourth-order valence-corrected chi connectivity index (χ4v) is 2.64. The maximum Gasteiger partial charge on any atom is 0.343 e. The molecule has 0 heterocycles. The highest BCUT2D eigenvalue weighted by Crippen LogP contribution is 2.16. The molecule has 3 aromatic rings. The van der Waals surface area contributed by atoms with Gasteiger partial charge in [0.15, 0.2) is 0 Å². The van der Waals surface area contributed by atoms with Crippen molar-refractivity contribution in [1.82, 2.24) is 5.43 Å². The second kappa shape index (κ2) is 11.0. The third-order valence-corrected chi connectivity index (χ3v) is 4.43. The summed E-state index contributed by atoms with van der Waals surface area (Å²) in [6.45, 7) is 0. The summed E-state index contributed by atoms with van der Waals surface area (Å²) in [5.41, 5.74) is 8.80. The van der Waals surface area contributed by atoms with Crippen LogP contribution in [0.3, 0.4) is 0 Å². The third-order valence-electron chi connectivity index (χ3n) is 4.43. The Morgan fingerprint density at radius 2 is 1.38 bits per heavy atom. The van der Waals surface area contributed by atoms with E-state index in [4.69, 9.17) is 15.2 Å². The number of hydrogen-bond donors (Lipinski definition) is 3. The average molecular weight is 460 g/mol. The van der Waals surface area contributed by atoms with Crippen molar-refractivity contribution in [3.63, 3.8) is 0 Å². The van der Waals surface area contributed by atoms with Gasteiger partial charge in [-0.05, 0) is 78.4 Å². The van der Waals surface area contributed by atoms with Gasteiger partial charge in [0.2, 0.25) is 5.91 Å². The summed E-state index contributed by atoms with van der Waals surface area (Å²) >= 11 is 0. The van der Waals surface area contributed by atoms with Gasteiger partial charge in [-0.2, -0.15) is 5.10 Å². The summed E-state index contributed by atoms with van der Waals surface area (Å²) in [6, 6.07) is 18.6. The summed E-state index contributed by atoms with van der Waals surface area (Å²) in [6.07, 6.45) is 1.32. The molecule has 0 saturated heterocycles. The van der Waals surface area contributed by atoms with Gasteiger partial charge in [-0.15, -0.1) is 0 Å². The Morgan fingerprint density at radius 3 is 1.97 bits per heavy atom. The Balaban J connectivity index is 1.49. The summed E-state index contributed by atoms with van der Waals surface area (Å²) in [5.74, 6) is -2.10. The second-order valence-corrected chi connectivity index (χ2v) is 6.78. The van der Waals surface area contributed by atoms with Crippen LogP contribution in [0.2, 0.25) is 0 Å². The minimum atomic E-state index is -0.986. The molecule has 172 valence electrons. The lowest BCUT2D eigenvalue weighted by molar-refractivity contribution is -0.136. The summed E-state index contributed by atoms with van der Waals surface area (Å²) < 4.78 is 10.4. The topological polar surface area (TPSA) is 149 Å². The smallest absolute Gasteiger partial charge is 0.343 e. The molecule has 0 bridgehead atoms. The number of ether oxygens (including phenoxy) is 2. The number of methoxy groups -OCH3 is 1. The first-order valence-electron chi connectivity index (χ1n) is 9.86. The zero-order valence-corrected chi connectivity index (χ0v) is 18.0. The van der Waals surface area contributed by atoms with Crippen molar-refractivity contribution in [3.05, 3.63) is 89.5 Å². The van der Waals surface area contributed by atoms with E-state index in [2.05, 4.69) is 15.8 Å². The zero-order chi connectivity index (χ0) is 24.5. The van der Waals surface area contributed by atoms with Gasteiger partial charge in [-0.1, -0.05) is 0 Å². The number of hydrazone groups is 1. The molecule has 0 fully saturated rings. The zero-order valence-electron chi connectivity index (χ0n) is 18.0. The highest BCUT2D eigenvalue weighted by atomic mass is 16.5. The van der Waals surface area contributed by atoms with Crippen LogP contribution in [0.5, 0.6) is 11.5 Å². The number of anilines is 1. The first kappa shape index (κ1) is 23.7. The lowest BCUT2D eigenvalue weighted by Crippen LogP contribution is -2.32. The number of primary amides is 1. The van der Waals surface area contributed by atoms with E-state index < -0.39 is 23.7 Å². The first-order chi connectivity index (χ1) is 16.4. The minimum absolute atomic E-state index is 0.272. The molecule has 0 saturated carbocycles. The molecule has 0 aromatic heterocycles. The Labute approximate surface area is 194 Å². The number of carbonyl (C=O) groups is 4. The van der Waals surface area contributed by atoms with E-state index in [9.17, 15) is 19.2 Å². The average Bonchev–Trinajstić information content (AvgIpc) is 2.85. The predicted octanol–water partition coefficient (Wildman–Crippen LogP) is 2.10. The monoisotopic (exact) mass is 460 g/mol. The maximum atomic E-state index is 12.2. The van der Waals surface area contributed by atoms with Crippen LogP contribution in [0.1, 0.15) is 26.3 Å². The number of nitrogens with one attached hydrogen (secondary N) is 2. The van der Waals surface area contributed by atoms with E-state index in [1.165, 1.54) is 37.6 Å². The van der Waals surface area contributed by atoms with Crippen LogP contribution in [0.15, 0.2) is 77.9 Å². The lowest BCUT2D eigenvalue weighted by Gasteiger charge is -2.06. The van der Waals surface area contributed by atoms with Crippen molar-refractivity contribution in [2.75, 3.05) is 12.4 Å². The fourth-order valence-electron chi connectivity index (χ4n) is 2.64. The molecular weight excluding hydrogens is 440 g/mol. The molecule has 0 unspecified atom stereocenters. The van der Waals surface area contributed by atoms with Crippen LogP contribution in [0, 0.1) is 0 Å². The molecule has 3 rings (SSSR count). The van der Waals surface area contributed by atoms with Crippen LogP contribution in [-0.2, 0) is 9.59 Å². The van der Waals surface area contributed by atoms with Crippen LogP contribution < -0.4 is 25.9 Å². The summed E-state index contributed by atoms with van der Waals surface area (Å²) in [7, 11) is 1.53. The van der Waals surface area contributed by atoms with E-state index in [1.54, 1.807) is 48.5 Å². The lowest BCUT2D eigenvalue weighted by atomic mass is 10.2. The number of rotatable bonds is 7. The van der Waals surface area contributed by atoms with Crippen LogP contribution >= 0.6 is 0 Å². The van der Waals surface area contributed by atoms with Crippen molar-refractivity contribution in [2.24, 2.45) is 10.8 Å². The van der Waals surface area contributed by atoms with Crippen LogP contribution in [0.4, 0.5) is 5.69 Å². The van der Waals surface area contributed by atoms with E-state index in [1.807, 2.05) is 0 Å². The molecular formula is C24H20N4O6. The second-order valence-electron chi connectivity index (χ2n) is 6.78. The highest BCUT2D eigenvalue weighted by molar-refractivity contribution is 6.39. The first-order valence-corrected chi connectivity index (χ1v) is 9.86. The molecule has 3 amide bonds. The number of esters is 1. The number of carbonyl (C=O) groups excluding carboxylic acids is 4. The van der Waals surface area contributed by atoms with Crippen LogP contribution in [-0.4, -0.2) is 37.0 Å². The number of nitrogens with two attached hydrogens (primary N) is 1. The van der Waals surface area contributed by atoms with Crippen molar-refractivity contribution in [2.45, 2.75) is 0 Å². The molecule has 0 aliphatic carbocycles. The molecule has 10 nitrogen and oxygen atoms in total. The molecule has 3 aromatic carbocycles. The number of nitrogens with zero attached hydrogens (tertiary/aromatic N) is 1. The number of hydrogen-bond acceptors (Lipinski definition) is 7. The highest BCUT2D eigenvalue weighted by Gasteiger charge is 2.13. The maximum absolute atomic E-state index is 12.2. The summed E-state index contributed by atoms with van der Waals surface area (Å²) in [5, 5.41) is 6.10. The predicted molar refractivity (Wildman–Crippen MR) is 124 cm³/mol. The van der Waals surface area contributed by atoms with Gasteiger partial charge in [0.05, 0.1) is 18.9 Å². The quantitative estimate of drug-likeness (QED) is 0.162. The largest absolute Gasteiger partial charge is 0.497 e. The van der Waals surface area contributed by atoms with E-state index in [0.29, 0.717) is 28.3 Å². The molecule has 0 spiro atoms. The molecule has 4 N–H and O–H groups in total. The van der Waals surface area contributed by atoms with Gasteiger partial charge in [0.1, 0.15) is 11.5 Å². The standard InChI is InChI=1S/C24H20N4O6/c1-33-19-12-6-17(7-13-19)24(32)34-20-10-2-15(3-11-20)14-26-28-23(31)22(30)27-18-8-4-16(5-9-18)21(25)29/h2-14H,1H3,(H2,25,29)(H,27,30)(H,28,31)/b26-14+. The normalized spacial score (nSPS) is 10.4. The van der Waals surface area contributed by atoms with Crippen molar-refractivity contribution < 1.29 is 28.7 Å². The molecule has 34 heavy (non-hydrogen) atoms. The van der Waals surface area contributed by atoms with Gasteiger partial charge in [-0.3, -0.25) is 14.4 Å². The van der Waals surface area contributed by atoms with Gasteiger partial charge in [-0.25, -0.2) is 10.2 Å². The Kier molecular flexibility index (Phi) is 7.69. The number of amides is 3. The molecule has 0 radical (unpaired) electrons. The molecule has 10 heteroatoms. The molecule has 0 aliphatic rings. The Bertz CT molecular complexity index is 1220. The van der Waals surface area contributed by atoms with Crippen molar-refractivity contribution >= 4 is 35.6 Å². The number of benzene rings is 3. The van der Waals surface area contributed by atoms with E-state index >= 15 is 0 Å². The van der Waals surface area contributed by atoms with E-state index in [0.717, 1.165) is 0 Å². The molecule has 0 atom stereocenters. The van der Waals surface area contributed by atoms with Gasteiger partial charge in [0.25, 0.3) is 0 Å². The fraction of sp³-hybridized carbons (Fsp3) is 0.0417. The third kappa shape index (κ3) is 6.50. The molecule has 0 aliphatic heterocycles. The Morgan fingerprint density at radius 1 is 0.794 bits per heavy atom. The van der Waals surface area contributed by atoms with Crippen LogP contribution in [0.25, 0.3) is 0 Å².